The molecule has 1 aliphatic heterocycles. The van der Waals surface area contributed by atoms with Gasteiger partial charge in [0.05, 0.1) is 5.36 Å². The van der Waals surface area contributed by atoms with Crippen molar-refractivity contribution in [2.75, 3.05) is 6.54 Å². The van der Waals surface area contributed by atoms with Crippen molar-refractivity contribution in [3.63, 3.8) is 0 Å². The van der Waals surface area contributed by atoms with Gasteiger partial charge in [-0.15, -0.1) is 0 Å². The van der Waals surface area contributed by atoms with Gasteiger partial charge in [-0.1, -0.05) is 0 Å². The van der Waals surface area contributed by atoms with E-state index < -0.39 is 0 Å². The van der Waals surface area contributed by atoms with E-state index in [2.05, 4.69) is 9.98 Å². The highest BCUT2D eigenvalue weighted by Crippen LogP contribution is 2.04. The number of H-pyrrole nitrogens is 1. The molecule has 2 aromatic rings. The van der Waals surface area contributed by atoms with E-state index in [0.29, 0.717) is 0 Å². The van der Waals surface area contributed by atoms with Crippen molar-refractivity contribution in [3.05, 3.63) is 35.0 Å². The van der Waals surface area contributed by atoms with E-state index in [1.54, 1.807) is 6.08 Å². The Hall–Kier alpha value is -1.90. The van der Waals surface area contributed by atoms with Crippen LogP contribution in [-0.4, -0.2) is 17.3 Å². The molecule has 0 radical (unpaired) electrons. The fraction of sp³-hybridized carbons (Fsp3) is 0.0909. The first-order valence-electron chi connectivity index (χ1n) is 4.50. The van der Waals surface area contributed by atoms with Gasteiger partial charge in [-0.3, -0.25) is 9.79 Å². The summed E-state index contributed by atoms with van der Waals surface area (Å²) in [4.78, 5) is 18.6. The number of nitrogens with zero attached hydrogens (tertiary/aromatic N) is 1. The molecule has 0 spiro atoms. The lowest BCUT2D eigenvalue weighted by molar-refractivity contribution is -0.112. The fourth-order valence-corrected chi connectivity index (χ4v) is 1.80. The largest absolute Gasteiger partial charge is 0.361 e. The number of hydrogen-bond donors (Lipinski definition) is 1. The van der Waals surface area contributed by atoms with Gasteiger partial charge >= 0.3 is 0 Å². The van der Waals surface area contributed by atoms with Crippen molar-refractivity contribution in [3.8, 4) is 0 Å². The summed E-state index contributed by atoms with van der Waals surface area (Å²) in [6, 6.07) is 5.90. The predicted octanol–water partition coefficient (Wildman–Crippen LogP) is 0.151. The van der Waals surface area contributed by atoms with Crippen LogP contribution in [0.2, 0.25) is 0 Å². The normalized spacial score (nSPS) is 14.7. The third-order valence-electron chi connectivity index (χ3n) is 2.46. The van der Waals surface area contributed by atoms with Gasteiger partial charge in [-0.05, 0) is 24.3 Å². The molecule has 1 aliphatic rings. The van der Waals surface area contributed by atoms with E-state index in [4.69, 9.17) is 0 Å². The number of carbonyl (C=O) groups is 1. The minimum atomic E-state index is 0.0752. The van der Waals surface area contributed by atoms with Crippen molar-refractivity contribution >= 4 is 22.8 Å². The number of benzene rings is 1. The van der Waals surface area contributed by atoms with E-state index in [1.165, 1.54) is 0 Å². The first-order valence-corrected chi connectivity index (χ1v) is 4.50. The van der Waals surface area contributed by atoms with E-state index in [0.717, 1.165) is 21.5 Å². The number of nitrogens with one attached hydrogen (secondary N) is 1. The zero-order valence-electron chi connectivity index (χ0n) is 7.45. The Balaban J connectivity index is 2.61. The fourth-order valence-electron chi connectivity index (χ4n) is 1.80. The highest BCUT2D eigenvalue weighted by atomic mass is 16.1. The predicted molar refractivity (Wildman–Crippen MR) is 53.4 cm³/mol. The standard InChI is InChI=1S/C11H8N2O/c14-7-5-9-8-3-4-12-10(8)1-2-11(9)13-6-7/h1-5,12H,6H2. The van der Waals surface area contributed by atoms with Gasteiger partial charge in [0.25, 0.3) is 0 Å². The summed E-state index contributed by atoms with van der Waals surface area (Å²) >= 11 is 0. The van der Waals surface area contributed by atoms with E-state index >= 15 is 0 Å². The lowest BCUT2D eigenvalue weighted by atomic mass is 10.1. The smallest absolute Gasteiger partial charge is 0.177 e. The zero-order chi connectivity index (χ0) is 9.54. The number of fused-ring (bicyclic) bond motifs is 3. The van der Waals surface area contributed by atoms with Crippen LogP contribution in [0.15, 0.2) is 29.4 Å². The molecule has 0 amide bonds. The average molecular weight is 184 g/mol. The molecule has 3 rings (SSSR count). The minimum absolute atomic E-state index is 0.0752. The van der Waals surface area contributed by atoms with Gasteiger partial charge in [0, 0.05) is 22.3 Å². The molecule has 0 aliphatic carbocycles. The second kappa shape index (κ2) is 2.54. The first-order chi connectivity index (χ1) is 6.84. The molecule has 1 aromatic carbocycles. The van der Waals surface area contributed by atoms with Gasteiger partial charge in [-0.25, -0.2) is 0 Å². The molecule has 0 atom stereocenters. The maximum atomic E-state index is 11.2. The molecule has 0 saturated heterocycles. The molecular formula is C11H8N2O. The second-order valence-electron chi connectivity index (χ2n) is 3.36. The van der Waals surface area contributed by atoms with Crippen LogP contribution in [-0.2, 0) is 4.79 Å². The summed E-state index contributed by atoms with van der Waals surface area (Å²) in [7, 11) is 0. The zero-order valence-corrected chi connectivity index (χ0v) is 7.45. The van der Waals surface area contributed by atoms with E-state index in [9.17, 15) is 4.79 Å². The molecule has 0 saturated carbocycles. The van der Waals surface area contributed by atoms with Crippen molar-refractivity contribution < 1.29 is 4.79 Å². The summed E-state index contributed by atoms with van der Waals surface area (Å²) in [5.41, 5.74) is 1.05. The van der Waals surface area contributed by atoms with Crippen LogP contribution in [0.25, 0.3) is 17.0 Å². The van der Waals surface area contributed by atoms with Crippen LogP contribution < -0.4 is 10.6 Å². The Morgan fingerprint density at radius 3 is 3.14 bits per heavy atom. The topological polar surface area (TPSA) is 45.2 Å². The number of rotatable bonds is 0. The van der Waals surface area contributed by atoms with Crippen LogP contribution in [0.3, 0.4) is 0 Å². The monoisotopic (exact) mass is 184 g/mol. The summed E-state index contributed by atoms with van der Waals surface area (Å²) in [5.74, 6) is 0.0752. The van der Waals surface area contributed by atoms with Crippen LogP contribution in [0.5, 0.6) is 0 Å². The first kappa shape index (κ1) is 7.50. The third kappa shape index (κ3) is 0.923. The third-order valence-corrected chi connectivity index (χ3v) is 2.46. The molecule has 68 valence electrons. The molecule has 3 heteroatoms. The molecule has 14 heavy (non-hydrogen) atoms. The Morgan fingerprint density at radius 2 is 2.21 bits per heavy atom. The Kier molecular flexibility index (Phi) is 1.36. The summed E-state index contributed by atoms with van der Waals surface area (Å²) in [6.45, 7) is 0.281. The molecule has 0 fully saturated rings. The summed E-state index contributed by atoms with van der Waals surface area (Å²) < 4.78 is 0. The number of hydrogen-bond acceptors (Lipinski definition) is 2. The highest BCUT2D eigenvalue weighted by Gasteiger charge is 2.05. The molecule has 3 nitrogen and oxygen atoms in total. The molecular weight excluding hydrogens is 176 g/mol. The Morgan fingerprint density at radius 1 is 1.29 bits per heavy atom. The molecule has 2 heterocycles. The van der Waals surface area contributed by atoms with Crippen LogP contribution in [0.1, 0.15) is 0 Å². The average Bonchev–Trinajstić information content (AvgIpc) is 2.65. The molecule has 0 bridgehead atoms. The van der Waals surface area contributed by atoms with Crippen LogP contribution >= 0.6 is 0 Å². The van der Waals surface area contributed by atoms with Gasteiger partial charge in [-0.2, -0.15) is 0 Å². The van der Waals surface area contributed by atoms with Gasteiger partial charge < -0.3 is 4.98 Å². The summed E-state index contributed by atoms with van der Waals surface area (Å²) in [6.07, 6.45) is 3.55. The van der Waals surface area contributed by atoms with Crippen LogP contribution in [0, 0.1) is 0 Å². The number of Topliss-reactive ketones (excluding diaryl/α,β-unsaturated/α-hetero) is 1. The lowest BCUT2D eigenvalue weighted by Gasteiger charge is -1.99. The number of carbonyl (C=O) groups excluding carboxylic acids is 1. The SMILES string of the molecule is O=C1C=c2c(ccc3[nH]ccc23)=NC1. The Labute approximate surface area is 79.8 Å². The summed E-state index contributed by atoms with van der Waals surface area (Å²) in [5, 5.41) is 2.93. The van der Waals surface area contributed by atoms with Crippen molar-refractivity contribution in [2.24, 2.45) is 4.99 Å². The van der Waals surface area contributed by atoms with Gasteiger partial charge in [0.2, 0.25) is 0 Å². The molecule has 1 aromatic heterocycles. The maximum absolute atomic E-state index is 11.2. The minimum Gasteiger partial charge on any atom is -0.361 e. The lowest BCUT2D eigenvalue weighted by Crippen LogP contribution is -2.31. The van der Waals surface area contributed by atoms with Crippen molar-refractivity contribution in [1.82, 2.24) is 4.98 Å². The molecule has 1 N–H and O–H groups in total. The Bertz CT molecular complexity index is 637. The number of aromatic nitrogens is 1. The van der Waals surface area contributed by atoms with E-state index in [-0.39, 0.29) is 12.3 Å². The van der Waals surface area contributed by atoms with Crippen LogP contribution in [0.4, 0.5) is 0 Å². The van der Waals surface area contributed by atoms with Gasteiger partial charge in [0.1, 0.15) is 6.54 Å². The van der Waals surface area contributed by atoms with Crippen molar-refractivity contribution in [1.29, 1.82) is 0 Å². The molecule has 0 unspecified atom stereocenters. The van der Waals surface area contributed by atoms with Crippen molar-refractivity contribution in [2.45, 2.75) is 0 Å². The maximum Gasteiger partial charge on any atom is 0.177 e. The number of aromatic amines is 1. The highest BCUT2D eigenvalue weighted by molar-refractivity contribution is 6.09. The van der Waals surface area contributed by atoms with Gasteiger partial charge in [0.15, 0.2) is 5.78 Å². The second-order valence-corrected chi connectivity index (χ2v) is 3.36. The number of ketones is 1. The van der Waals surface area contributed by atoms with E-state index in [1.807, 2.05) is 24.4 Å². The quantitative estimate of drug-likeness (QED) is 0.622.